The second-order valence-electron chi connectivity index (χ2n) is 5.09. The van der Waals surface area contributed by atoms with Crippen molar-refractivity contribution in [3.63, 3.8) is 0 Å². The van der Waals surface area contributed by atoms with Gasteiger partial charge in [-0.1, -0.05) is 49.6 Å². The first-order chi connectivity index (χ1) is 9.52. The van der Waals surface area contributed by atoms with Gasteiger partial charge >= 0.3 is 5.97 Å². The number of amides is 1. The lowest BCUT2D eigenvalue weighted by atomic mass is 10.1. The van der Waals surface area contributed by atoms with E-state index in [0.717, 1.165) is 24.0 Å². The molecule has 0 saturated heterocycles. The van der Waals surface area contributed by atoms with Gasteiger partial charge in [-0.15, -0.1) is 0 Å². The highest BCUT2D eigenvalue weighted by Gasteiger charge is 2.18. The van der Waals surface area contributed by atoms with E-state index in [9.17, 15) is 9.59 Å². The summed E-state index contributed by atoms with van der Waals surface area (Å²) in [5, 5.41) is 11.7. The highest BCUT2D eigenvalue weighted by atomic mass is 16.4. The van der Waals surface area contributed by atoms with Gasteiger partial charge in [-0.3, -0.25) is 4.79 Å². The average Bonchev–Trinajstić information content (AvgIpc) is 2.41. The van der Waals surface area contributed by atoms with E-state index in [2.05, 4.69) is 5.32 Å². The normalized spacial score (nSPS) is 11.9. The lowest BCUT2D eigenvalue weighted by molar-refractivity contribution is -0.142. The van der Waals surface area contributed by atoms with Gasteiger partial charge in [0, 0.05) is 6.42 Å². The molecule has 0 heterocycles. The van der Waals surface area contributed by atoms with E-state index in [4.69, 9.17) is 5.11 Å². The largest absolute Gasteiger partial charge is 0.480 e. The predicted molar refractivity (Wildman–Crippen MR) is 78.6 cm³/mol. The van der Waals surface area contributed by atoms with Crippen molar-refractivity contribution in [2.75, 3.05) is 0 Å². The number of hydrogen-bond donors (Lipinski definition) is 2. The molecule has 0 aliphatic rings. The minimum atomic E-state index is -0.956. The van der Waals surface area contributed by atoms with E-state index in [0.29, 0.717) is 19.3 Å². The number of aryl methyl sites for hydroxylation is 2. The van der Waals surface area contributed by atoms with Gasteiger partial charge in [0.05, 0.1) is 0 Å². The Labute approximate surface area is 120 Å². The van der Waals surface area contributed by atoms with E-state index >= 15 is 0 Å². The summed E-state index contributed by atoms with van der Waals surface area (Å²) in [5.41, 5.74) is 2.26. The number of rotatable bonds is 8. The van der Waals surface area contributed by atoms with Gasteiger partial charge in [0.25, 0.3) is 0 Å². The van der Waals surface area contributed by atoms with Gasteiger partial charge in [0.2, 0.25) is 5.91 Å². The highest BCUT2D eigenvalue weighted by Crippen LogP contribution is 2.07. The molecular weight excluding hydrogens is 254 g/mol. The molecule has 1 amide bonds. The Morgan fingerprint density at radius 3 is 2.70 bits per heavy atom. The van der Waals surface area contributed by atoms with E-state index in [1.807, 2.05) is 38.1 Å². The number of carboxylic acid groups (broad SMARTS) is 1. The minimum absolute atomic E-state index is 0.199. The molecule has 0 bridgehead atoms. The SMILES string of the molecule is CCCCC(NC(=O)CCc1cccc(C)c1)C(=O)O. The van der Waals surface area contributed by atoms with Gasteiger partial charge in [-0.2, -0.15) is 0 Å². The Kier molecular flexibility index (Phi) is 6.77. The molecule has 2 N–H and O–H groups in total. The predicted octanol–water partition coefficient (Wildman–Crippen LogP) is 2.69. The molecule has 0 aliphatic heterocycles. The van der Waals surface area contributed by atoms with Crippen LogP contribution in [0.1, 0.15) is 43.7 Å². The van der Waals surface area contributed by atoms with Crippen molar-refractivity contribution in [1.29, 1.82) is 0 Å². The number of carbonyl (C=O) groups is 2. The van der Waals surface area contributed by atoms with Crippen LogP contribution in [0.5, 0.6) is 0 Å². The zero-order valence-electron chi connectivity index (χ0n) is 12.2. The maximum atomic E-state index is 11.8. The fourth-order valence-electron chi connectivity index (χ4n) is 2.06. The third kappa shape index (κ3) is 5.87. The molecule has 0 aliphatic carbocycles. The van der Waals surface area contributed by atoms with Gasteiger partial charge in [0.15, 0.2) is 0 Å². The summed E-state index contributed by atoms with van der Waals surface area (Å²) in [5.74, 6) is -1.16. The minimum Gasteiger partial charge on any atom is -0.480 e. The van der Waals surface area contributed by atoms with Crippen molar-refractivity contribution in [2.24, 2.45) is 0 Å². The van der Waals surface area contributed by atoms with Crippen molar-refractivity contribution >= 4 is 11.9 Å². The van der Waals surface area contributed by atoms with Crippen molar-refractivity contribution in [3.05, 3.63) is 35.4 Å². The maximum Gasteiger partial charge on any atom is 0.326 e. The quantitative estimate of drug-likeness (QED) is 0.767. The lowest BCUT2D eigenvalue weighted by Crippen LogP contribution is -2.40. The smallest absolute Gasteiger partial charge is 0.326 e. The van der Waals surface area contributed by atoms with Crippen LogP contribution in [0.25, 0.3) is 0 Å². The van der Waals surface area contributed by atoms with Crippen LogP contribution in [-0.2, 0) is 16.0 Å². The second-order valence-corrected chi connectivity index (χ2v) is 5.09. The van der Waals surface area contributed by atoms with Crippen LogP contribution < -0.4 is 5.32 Å². The third-order valence-corrected chi connectivity index (χ3v) is 3.20. The van der Waals surface area contributed by atoms with Crippen molar-refractivity contribution in [3.8, 4) is 0 Å². The fraction of sp³-hybridized carbons (Fsp3) is 0.500. The molecule has 1 rings (SSSR count). The fourth-order valence-corrected chi connectivity index (χ4v) is 2.06. The maximum absolute atomic E-state index is 11.8. The van der Waals surface area contributed by atoms with Crippen LogP contribution in [0, 0.1) is 6.92 Å². The van der Waals surface area contributed by atoms with Gasteiger partial charge in [0.1, 0.15) is 6.04 Å². The van der Waals surface area contributed by atoms with Crippen LogP contribution in [0.3, 0.4) is 0 Å². The van der Waals surface area contributed by atoms with E-state index in [1.165, 1.54) is 0 Å². The topological polar surface area (TPSA) is 66.4 Å². The number of carboxylic acids is 1. The van der Waals surface area contributed by atoms with Gasteiger partial charge in [-0.25, -0.2) is 4.79 Å². The van der Waals surface area contributed by atoms with Crippen molar-refractivity contribution in [1.82, 2.24) is 5.32 Å². The molecule has 0 fully saturated rings. The molecule has 1 unspecified atom stereocenters. The Morgan fingerprint density at radius 1 is 1.35 bits per heavy atom. The number of unbranched alkanes of at least 4 members (excludes halogenated alkanes) is 1. The molecule has 0 saturated carbocycles. The first-order valence-corrected chi connectivity index (χ1v) is 7.10. The number of aliphatic carboxylic acids is 1. The van der Waals surface area contributed by atoms with E-state index < -0.39 is 12.0 Å². The molecule has 4 nitrogen and oxygen atoms in total. The zero-order valence-corrected chi connectivity index (χ0v) is 12.2. The molecule has 1 atom stereocenters. The first-order valence-electron chi connectivity index (χ1n) is 7.10. The average molecular weight is 277 g/mol. The van der Waals surface area contributed by atoms with E-state index in [1.54, 1.807) is 0 Å². The highest BCUT2D eigenvalue weighted by molar-refractivity contribution is 5.83. The molecule has 1 aromatic rings. The Bertz CT molecular complexity index is 457. The molecule has 110 valence electrons. The Hall–Kier alpha value is -1.84. The summed E-state index contributed by atoms with van der Waals surface area (Å²) >= 11 is 0. The molecule has 4 heteroatoms. The summed E-state index contributed by atoms with van der Waals surface area (Å²) in [6, 6.07) is 7.23. The standard InChI is InChI=1S/C16H23NO3/c1-3-4-8-14(16(19)20)17-15(18)10-9-13-7-5-6-12(2)11-13/h5-7,11,14H,3-4,8-10H2,1-2H3,(H,17,18)(H,19,20). The van der Waals surface area contributed by atoms with Crippen LogP contribution in [0.2, 0.25) is 0 Å². The van der Waals surface area contributed by atoms with Crippen molar-refractivity contribution in [2.45, 2.75) is 52.0 Å². The summed E-state index contributed by atoms with van der Waals surface area (Å²) in [6.45, 7) is 4.01. The van der Waals surface area contributed by atoms with Crippen LogP contribution in [-0.4, -0.2) is 23.0 Å². The van der Waals surface area contributed by atoms with Gasteiger partial charge < -0.3 is 10.4 Å². The van der Waals surface area contributed by atoms with Crippen LogP contribution in [0.15, 0.2) is 24.3 Å². The van der Waals surface area contributed by atoms with Crippen molar-refractivity contribution < 1.29 is 14.7 Å². The summed E-state index contributed by atoms with van der Waals surface area (Å²) < 4.78 is 0. The zero-order chi connectivity index (χ0) is 15.0. The van der Waals surface area contributed by atoms with Gasteiger partial charge in [-0.05, 0) is 25.3 Å². The molecule has 0 spiro atoms. The Balaban J connectivity index is 2.43. The summed E-state index contributed by atoms with van der Waals surface area (Å²) in [4.78, 5) is 22.8. The lowest BCUT2D eigenvalue weighted by Gasteiger charge is -2.14. The summed E-state index contributed by atoms with van der Waals surface area (Å²) in [6.07, 6.45) is 3.16. The molecule has 1 aromatic carbocycles. The van der Waals surface area contributed by atoms with Crippen LogP contribution >= 0.6 is 0 Å². The number of nitrogens with one attached hydrogen (secondary N) is 1. The first kappa shape index (κ1) is 16.2. The van der Waals surface area contributed by atoms with E-state index in [-0.39, 0.29) is 5.91 Å². The molecule has 0 radical (unpaired) electrons. The second kappa shape index (κ2) is 8.35. The monoisotopic (exact) mass is 277 g/mol. The molecule has 20 heavy (non-hydrogen) atoms. The number of carbonyl (C=O) groups excluding carboxylic acids is 1. The number of benzene rings is 1. The van der Waals surface area contributed by atoms with Crippen LogP contribution in [0.4, 0.5) is 0 Å². The Morgan fingerprint density at radius 2 is 2.10 bits per heavy atom. The molecule has 0 aromatic heterocycles. The summed E-state index contributed by atoms with van der Waals surface area (Å²) in [7, 11) is 0. The number of hydrogen-bond acceptors (Lipinski definition) is 2. The third-order valence-electron chi connectivity index (χ3n) is 3.20. The molecular formula is C16H23NO3.